The molecule has 1 fully saturated rings. The molecule has 0 spiro atoms. The Labute approximate surface area is 149 Å². The van der Waals surface area contributed by atoms with E-state index in [2.05, 4.69) is 17.6 Å². The molecule has 0 aromatic heterocycles. The van der Waals surface area contributed by atoms with E-state index in [1.807, 2.05) is 17.9 Å². The number of urea groups is 1. The SMILES string of the molecule is COCCCNC(=O)Nc1ccc(C(=O)N2CCC[C@H](C)C2)cc1C. The monoisotopic (exact) mass is 347 g/mol. The lowest BCUT2D eigenvalue weighted by molar-refractivity contribution is 0.0683. The summed E-state index contributed by atoms with van der Waals surface area (Å²) in [6.45, 7) is 6.90. The number of ether oxygens (including phenoxy) is 1. The molecule has 1 aliphatic heterocycles. The summed E-state index contributed by atoms with van der Waals surface area (Å²) in [7, 11) is 1.64. The highest BCUT2D eigenvalue weighted by Gasteiger charge is 2.22. The van der Waals surface area contributed by atoms with Crippen molar-refractivity contribution in [2.45, 2.75) is 33.1 Å². The number of anilines is 1. The van der Waals surface area contributed by atoms with E-state index < -0.39 is 0 Å². The molecule has 1 aromatic carbocycles. The summed E-state index contributed by atoms with van der Waals surface area (Å²) in [4.78, 5) is 26.5. The third-order valence-corrected chi connectivity index (χ3v) is 4.48. The molecule has 6 heteroatoms. The van der Waals surface area contributed by atoms with Crippen LogP contribution in [-0.4, -0.2) is 50.2 Å². The number of nitrogens with zero attached hydrogens (tertiary/aromatic N) is 1. The molecule has 0 saturated carbocycles. The number of methoxy groups -OCH3 is 1. The molecule has 0 radical (unpaired) electrons. The molecule has 1 aliphatic rings. The largest absolute Gasteiger partial charge is 0.385 e. The van der Waals surface area contributed by atoms with E-state index in [9.17, 15) is 9.59 Å². The minimum absolute atomic E-state index is 0.0743. The van der Waals surface area contributed by atoms with Gasteiger partial charge in [0.15, 0.2) is 0 Å². The second-order valence-corrected chi connectivity index (χ2v) is 6.76. The Hall–Kier alpha value is -2.08. The molecule has 1 saturated heterocycles. The molecule has 0 aliphatic carbocycles. The van der Waals surface area contributed by atoms with Gasteiger partial charge in [0.05, 0.1) is 0 Å². The van der Waals surface area contributed by atoms with Crippen LogP contribution < -0.4 is 10.6 Å². The quantitative estimate of drug-likeness (QED) is 0.777. The summed E-state index contributed by atoms with van der Waals surface area (Å²) in [6.07, 6.45) is 3.02. The van der Waals surface area contributed by atoms with E-state index in [0.29, 0.717) is 30.3 Å². The number of hydrogen-bond donors (Lipinski definition) is 2. The van der Waals surface area contributed by atoms with Crippen molar-refractivity contribution >= 4 is 17.6 Å². The fourth-order valence-electron chi connectivity index (χ4n) is 3.08. The fraction of sp³-hybridized carbons (Fsp3) is 0.579. The van der Waals surface area contributed by atoms with Gasteiger partial charge in [0.2, 0.25) is 0 Å². The third kappa shape index (κ3) is 5.74. The molecule has 3 amide bonds. The second kappa shape index (κ2) is 9.42. The maximum atomic E-state index is 12.6. The van der Waals surface area contributed by atoms with Gasteiger partial charge in [-0.15, -0.1) is 0 Å². The highest BCUT2D eigenvalue weighted by molar-refractivity contribution is 5.96. The number of nitrogens with one attached hydrogen (secondary N) is 2. The molecular weight excluding hydrogens is 318 g/mol. The highest BCUT2D eigenvalue weighted by atomic mass is 16.5. The summed E-state index contributed by atoms with van der Waals surface area (Å²) in [5, 5.41) is 5.61. The second-order valence-electron chi connectivity index (χ2n) is 6.76. The van der Waals surface area contributed by atoms with E-state index in [-0.39, 0.29) is 11.9 Å². The number of rotatable bonds is 6. The van der Waals surface area contributed by atoms with Crippen LogP contribution in [0.1, 0.15) is 42.1 Å². The predicted octanol–water partition coefficient (Wildman–Crippen LogP) is 3.03. The lowest BCUT2D eigenvalue weighted by Gasteiger charge is -2.31. The first kappa shape index (κ1) is 19.2. The first-order valence-corrected chi connectivity index (χ1v) is 8.95. The van der Waals surface area contributed by atoms with Gasteiger partial charge in [-0.1, -0.05) is 6.92 Å². The zero-order chi connectivity index (χ0) is 18.2. The predicted molar refractivity (Wildman–Crippen MR) is 99.0 cm³/mol. The highest BCUT2D eigenvalue weighted by Crippen LogP contribution is 2.21. The summed E-state index contributed by atoms with van der Waals surface area (Å²) < 4.78 is 4.95. The minimum Gasteiger partial charge on any atom is -0.385 e. The fourth-order valence-corrected chi connectivity index (χ4v) is 3.08. The Morgan fingerprint density at radius 3 is 2.84 bits per heavy atom. The average molecular weight is 347 g/mol. The summed E-state index contributed by atoms with van der Waals surface area (Å²) in [5.41, 5.74) is 2.27. The molecular formula is C19H29N3O3. The van der Waals surface area contributed by atoms with Crippen LogP contribution in [0, 0.1) is 12.8 Å². The van der Waals surface area contributed by atoms with Crippen molar-refractivity contribution in [3.63, 3.8) is 0 Å². The van der Waals surface area contributed by atoms with Gasteiger partial charge >= 0.3 is 6.03 Å². The summed E-state index contributed by atoms with van der Waals surface area (Å²) in [6, 6.07) is 5.19. The molecule has 0 unspecified atom stereocenters. The van der Waals surface area contributed by atoms with Gasteiger partial charge in [0, 0.05) is 44.6 Å². The number of aryl methyl sites for hydroxylation is 1. The Bertz CT molecular complexity index is 604. The third-order valence-electron chi connectivity index (χ3n) is 4.48. The number of hydrogen-bond acceptors (Lipinski definition) is 3. The van der Waals surface area contributed by atoms with Crippen molar-refractivity contribution in [2.75, 3.05) is 38.7 Å². The lowest BCUT2D eigenvalue weighted by Crippen LogP contribution is -2.39. The standard InChI is InChI=1S/C19H29N3O3/c1-14-6-4-10-22(13-14)18(23)16-7-8-17(15(2)12-16)21-19(24)20-9-5-11-25-3/h7-8,12,14H,4-6,9-11,13H2,1-3H3,(H2,20,21,24)/t14-/m0/s1. The lowest BCUT2D eigenvalue weighted by atomic mass is 9.99. The maximum Gasteiger partial charge on any atom is 0.319 e. The van der Waals surface area contributed by atoms with Crippen molar-refractivity contribution in [1.29, 1.82) is 0 Å². The van der Waals surface area contributed by atoms with Crippen LogP contribution in [0.15, 0.2) is 18.2 Å². The van der Waals surface area contributed by atoms with Crippen LogP contribution in [0.3, 0.4) is 0 Å². The average Bonchev–Trinajstić information content (AvgIpc) is 2.60. The van der Waals surface area contributed by atoms with Crippen LogP contribution in [0.25, 0.3) is 0 Å². The van der Waals surface area contributed by atoms with Crippen LogP contribution >= 0.6 is 0 Å². The van der Waals surface area contributed by atoms with E-state index in [4.69, 9.17) is 4.74 Å². The van der Waals surface area contributed by atoms with E-state index >= 15 is 0 Å². The van der Waals surface area contributed by atoms with Gasteiger partial charge < -0.3 is 20.3 Å². The maximum absolute atomic E-state index is 12.6. The van der Waals surface area contributed by atoms with Gasteiger partial charge in [0.1, 0.15) is 0 Å². The van der Waals surface area contributed by atoms with Crippen molar-refractivity contribution in [3.8, 4) is 0 Å². The van der Waals surface area contributed by atoms with Gasteiger partial charge in [-0.25, -0.2) is 4.79 Å². The Morgan fingerprint density at radius 2 is 2.16 bits per heavy atom. The van der Waals surface area contributed by atoms with E-state index in [1.54, 1.807) is 19.2 Å². The Kier molecular flexibility index (Phi) is 7.25. The Balaban J connectivity index is 1.93. The van der Waals surface area contributed by atoms with Crippen LogP contribution in [0.4, 0.5) is 10.5 Å². The van der Waals surface area contributed by atoms with Gasteiger partial charge in [0.25, 0.3) is 5.91 Å². The van der Waals surface area contributed by atoms with Crippen molar-refractivity contribution < 1.29 is 14.3 Å². The van der Waals surface area contributed by atoms with Crippen LogP contribution in [-0.2, 0) is 4.74 Å². The van der Waals surface area contributed by atoms with Crippen LogP contribution in [0.2, 0.25) is 0 Å². The molecule has 2 rings (SSSR count). The van der Waals surface area contributed by atoms with Crippen molar-refractivity contribution in [3.05, 3.63) is 29.3 Å². The minimum atomic E-state index is -0.247. The first-order chi connectivity index (χ1) is 12.0. The van der Waals surface area contributed by atoms with Crippen molar-refractivity contribution in [1.82, 2.24) is 10.2 Å². The normalized spacial score (nSPS) is 17.2. The molecule has 138 valence electrons. The number of likely N-dealkylation sites (tertiary alicyclic amines) is 1. The number of amides is 3. The van der Waals surface area contributed by atoms with Gasteiger partial charge in [-0.2, -0.15) is 0 Å². The van der Waals surface area contributed by atoms with Crippen molar-refractivity contribution in [2.24, 2.45) is 5.92 Å². The molecule has 1 atom stereocenters. The number of benzene rings is 1. The number of carbonyl (C=O) groups excluding carboxylic acids is 2. The molecule has 1 heterocycles. The Morgan fingerprint density at radius 1 is 1.36 bits per heavy atom. The zero-order valence-corrected chi connectivity index (χ0v) is 15.4. The van der Waals surface area contributed by atoms with Crippen LogP contribution in [0.5, 0.6) is 0 Å². The first-order valence-electron chi connectivity index (χ1n) is 8.95. The topological polar surface area (TPSA) is 70.7 Å². The smallest absolute Gasteiger partial charge is 0.319 e. The molecule has 25 heavy (non-hydrogen) atoms. The van der Waals surface area contributed by atoms with E-state index in [1.165, 1.54) is 6.42 Å². The molecule has 0 bridgehead atoms. The molecule has 2 N–H and O–H groups in total. The number of piperidine rings is 1. The molecule has 1 aromatic rings. The van der Waals surface area contributed by atoms with E-state index in [0.717, 1.165) is 31.5 Å². The summed E-state index contributed by atoms with van der Waals surface area (Å²) >= 11 is 0. The van der Waals surface area contributed by atoms with Gasteiger partial charge in [-0.3, -0.25) is 4.79 Å². The molecule has 6 nitrogen and oxygen atoms in total. The zero-order valence-electron chi connectivity index (χ0n) is 15.4. The summed E-state index contributed by atoms with van der Waals surface area (Å²) in [5.74, 6) is 0.631. The number of carbonyl (C=O) groups is 2. The van der Waals surface area contributed by atoms with Gasteiger partial charge in [-0.05, 0) is 55.9 Å².